The number of aromatic amines is 1. The number of carbonyl (C=O) groups excluding carboxylic acids is 1. The molecule has 1 saturated heterocycles. The number of carboxylic acid groups (broad SMARTS) is 1. The minimum atomic E-state index is -1.07. The second-order valence-corrected chi connectivity index (χ2v) is 4.85. The molecule has 2 N–H and O–H groups in total. The predicted octanol–water partition coefficient (Wildman–Crippen LogP) is 0.717. The number of ether oxygens (including phenoxy) is 1. The summed E-state index contributed by atoms with van der Waals surface area (Å²) in [6.45, 7) is 1.15. The normalized spacial score (nSPS) is 18.2. The number of aromatic carboxylic acids is 1. The average Bonchev–Trinajstić information content (AvgIpc) is 3.08. The van der Waals surface area contributed by atoms with Gasteiger partial charge in [-0.3, -0.25) is 9.89 Å². The molecule has 114 valence electrons. The Balaban J connectivity index is 1.89. The number of carbonyl (C=O) groups is 2. The lowest BCUT2D eigenvalue weighted by molar-refractivity contribution is -0.00512. The molecule has 1 atom stereocenters. The Morgan fingerprint density at radius 3 is 2.91 bits per heavy atom. The van der Waals surface area contributed by atoms with Gasteiger partial charge in [-0.2, -0.15) is 5.10 Å². The van der Waals surface area contributed by atoms with Crippen LogP contribution >= 0.6 is 0 Å². The van der Waals surface area contributed by atoms with Gasteiger partial charge in [0.1, 0.15) is 18.2 Å². The molecule has 0 radical (unpaired) electrons. The highest BCUT2D eigenvalue weighted by molar-refractivity contribution is 5.97. The van der Waals surface area contributed by atoms with Gasteiger partial charge >= 0.3 is 5.97 Å². The third-order valence-electron chi connectivity index (χ3n) is 3.50. The van der Waals surface area contributed by atoms with Crippen molar-refractivity contribution < 1.29 is 19.4 Å². The van der Waals surface area contributed by atoms with Crippen LogP contribution in [0.2, 0.25) is 0 Å². The first kappa shape index (κ1) is 14.2. The molecular formula is C14H14N4O4. The van der Waals surface area contributed by atoms with Crippen molar-refractivity contribution in [3.05, 3.63) is 47.5 Å². The second-order valence-electron chi connectivity index (χ2n) is 4.85. The Morgan fingerprint density at radius 2 is 2.18 bits per heavy atom. The fourth-order valence-electron chi connectivity index (χ4n) is 2.40. The SMILES string of the molecule is O=C(O)c1cccc(C(=O)N2CCOCC2c2ncn[nH]2)c1. The number of nitrogens with zero attached hydrogens (tertiary/aromatic N) is 3. The molecule has 1 aliphatic rings. The van der Waals surface area contributed by atoms with Crippen LogP contribution in [-0.2, 0) is 4.74 Å². The Bertz CT molecular complexity index is 686. The summed E-state index contributed by atoms with van der Waals surface area (Å²) in [5, 5.41) is 15.6. The van der Waals surface area contributed by atoms with Gasteiger partial charge in [-0.15, -0.1) is 0 Å². The molecule has 1 fully saturated rings. The number of hydrogen-bond acceptors (Lipinski definition) is 5. The highest BCUT2D eigenvalue weighted by Gasteiger charge is 2.31. The number of carboxylic acids is 1. The zero-order valence-corrected chi connectivity index (χ0v) is 11.6. The van der Waals surface area contributed by atoms with Crippen molar-refractivity contribution in [3.63, 3.8) is 0 Å². The van der Waals surface area contributed by atoms with Crippen molar-refractivity contribution in [3.8, 4) is 0 Å². The maximum atomic E-state index is 12.7. The predicted molar refractivity (Wildman–Crippen MR) is 74.4 cm³/mol. The summed E-state index contributed by atoms with van der Waals surface area (Å²) >= 11 is 0. The quantitative estimate of drug-likeness (QED) is 0.864. The molecule has 1 aliphatic heterocycles. The molecule has 8 heteroatoms. The lowest BCUT2D eigenvalue weighted by atomic mass is 10.1. The Hall–Kier alpha value is -2.74. The van der Waals surface area contributed by atoms with E-state index in [2.05, 4.69) is 15.2 Å². The molecule has 0 saturated carbocycles. The van der Waals surface area contributed by atoms with E-state index in [9.17, 15) is 9.59 Å². The van der Waals surface area contributed by atoms with Crippen LogP contribution < -0.4 is 0 Å². The molecule has 8 nitrogen and oxygen atoms in total. The Kier molecular flexibility index (Phi) is 3.84. The van der Waals surface area contributed by atoms with Crippen LogP contribution in [0.1, 0.15) is 32.6 Å². The second kappa shape index (κ2) is 5.94. The monoisotopic (exact) mass is 302 g/mol. The van der Waals surface area contributed by atoms with Gasteiger partial charge in [-0.1, -0.05) is 6.07 Å². The van der Waals surface area contributed by atoms with Crippen molar-refractivity contribution in [2.24, 2.45) is 0 Å². The molecular weight excluding hydrogens is 288 g/mol. The largest absolute Gasteiger partial charge is 0.478 e. The summed E-state index contributed by atoms with van der Waals surface area (Å²) in [7, 11) is 0. The minimum Gasteiger partial charge on any atom is -0.478 e. The van der Waals surface area contributed by atoms with E-state index >= 15 is 0 Å². The van der Waals surface area contributed by atoms with Gasteiger partial charge in [0.05, 0.1) is 18.8 Å². The highest BCUT2D eigenvalue weighted by Crippen LogP contribution is 2.23. The fraction of sp³-hybridized carbons (Fsp3) is 0.286. The number of aromatic nitrogens is 3. The lowest BCUT2D eigenvalue weighted by Gasteiger charge is -2.34. The number of H-pyrrole nitrogens is 1. The van der Waals surface area contributed by atoms with Crippen LogP contribution in [0.5, 0.6) is 0 Å². The van der Waals surface area contributed by atoms with Crippen LogP contribution in [-0.4, -0.2) is 56.8 Å². The molecule has 0 aliphatic carbocycles. The summed E-state index contributed by atoms with van der Waals surface area (Å²) in [4.78, 5) is 29.4. The number of benzene rings is 1. The van der Waals surface area contributed by atoms with E-state index in [-0.39, 0.29) is 17.5 Å². The Labute approximate surface area is 125 Å². The van der Waals surface area contributed by atoms with Crippen LogP contribution in [0.15, 0.2) is 30.6 Å². The number of rotatable bonds is 3. The number of nitrogens with one attached hydrogen (secondary N) is 1. The highest BCUT2D eigenvalue weighted by atomic mass is 16.5. The molecule has 1 amide bonds. The topological polar surface area (TPSA) is 108 Å². The standard InChI is InChI=1S/C14H14N4O4/c19-13(9-2-1-3-10(6-9)14(20)21)18-4-5-22-7-11(18)12-15-8-16-17-12/h1-3,6,8,11H,4-5,7H2,(H,20,21)(H,15,16,17). The van der Waals surface area contributed by atoms with Crippen LogP contribution in [0.4, 0.5) is 0 Å². The minimum absolute atomic E-state index is 0.0790. The number of hydrogen-bond donors (Lipinski definition) is 2. The van der Waals surface area contributed by atoms with Gasteiger partial charge in [-0.25, -0.2) is 9.78 Å². The molecule has 1 unspecified atom stereocenters. The summed E-state index contributed by atoms with van der Waals surface area (Å²) in [6, 6.07) is 5.61. The Morgan fingerprint density at radius 1 is 1.36 bits per heavy atom. The van der Waals surface area contributed by atoms with Gasteiger partial charge in [0.15, 0.2) is 0 Å². The lowest BCUT2D eigenvalue weighted by Crippen LogP contribution is -2.43. The van der Waals surface area contributed by atoms with E-state index in [1.807, 2.05) is 0 Å². The molecule has 0 spiro atoms. The first-order valence-electron chi connectivity index (χ1n) is 6.74. The zero-order valence-electron chi connectivity index (χ0n) is 11.6. The van der Waals surface area contributed by atoms with Crippen molar-refractivity contribution in [2.45, 2.75) is 6.04 Å². The summed E-state index contributed by atoms with van der Waals surface area (Å²) < 4.78 is 5.41. The van der Waals surface area contributed by atoms with Crippen LogP contribution in [0.25, 0.3) is 0 Å². The zero-order chi connectivity index (χ0) is 15.5. The maximum absolute atomic E-state index is 12.7. The van der Waals surface area contributed by atoms with Crippen molar-refractivity contribution in [1.82, 2.24) is 20.1 Å². The third-order valence-corrected chi connectivity index (χ3v) is 3.50. The summed E-state index contributed by atoms with van der Waals surface area (Å²) in [5.74, 6) is -0.779. The van der Waals surface area contributed by atoms with Gasteiger partial charge in [-0.05, 0) is 18.2 Å². The number of morpholine rings is 1. The number of amides is 1. The first-order chi connectivity index (χ1) is 10.7. The molecule has 22 heavy (non-hydrogen) atoms. The molecule has 2 aromatic rings. The van der Waals surface area contributed by atoms with Gasteiger partial charge in [0.25, 0.3) is 5.91 Å². The van der Waals surface area contributed by atoms with Crippen molar-refractivity contribution in [2.75, 3.05) is 19.8 Å². The maximum Gasteiger partial charge on any atom is 0.335 e. The van der Waals surface area contributed by atoms with Gasteiger partial charge < -0.3 is 14.7 Å². The molecule has 1 aromatic carbocycles. The van der Waals surface area contributed by atoms with Crippen molar-refractivity contribution in [1.29, 1.82) is 0 Å². The van der Waals surface area contributed by atoms with Crippen molar-refractivity contribution >= 4 is 11.9 Å². The summed E-state index contributed by atoms with van der Waals surface area (Å²) in [6.07, 6.45) is 1.37. The molecule has 3 rings (SSSR count). The van der Waals surface area contributed by atoms with E-state index in [1.54, 1.807) is 17.0 Å². The van der Waals surface area contributed by atoms with Crippen LogP contribution in [0.3, 0.4) is 0 Å². The van der Waals surface area contributed by atoms with Gasteiger partial charge in [0, 0.05) is 12.1 Å². The fourth-order valence-corrected chi connectivity index (χ4v) is 2.40. The molecule has 0 bridgehead atoms. The molecule has 2 heterocycles. The van der Waals surface area contributed by atoms with E-state index in [1.165, 1.54) is 18.5 Å². The van der Waals surface area contributed by atoms with Crippen LogP contribution in [0, 0.1) is 0 Å². The van der Waals surface area contributed by atoms with E-state index < -0.39 is 5.97 Å². The summed E-state index contributed by atoms with van der Waals surface area (Å²) in [5.41, 5.74) is 0.404. The average molecular weight is 302 g/mol. The van der Waals surface area contributed by atoms with Gasteiger partial charge in [0.2, 0.25) is 0 Å². The van der Waals surface area contributed by atoms with E-state index in [0.717, 1.165) is 0 Å². The third kappa shape index (κ3) is 2.68. The van der Waals surface area contributed by atoms with E-state index in [0.29, 0.717) is 31.1 Å². The molecule has 1 aromatic heterocycles. The smallest absolute Gasteiger partial charge is 0.335 e. The first-order valence-corrected chi connectivity index (χ1v) is 6.74. The van der Waals surface area contributed by atoms with E-state index in [4.69, 9.17) is 9.84 Å².